The Balaban J connectivity index is 1.95. The highest BCUT2D eigenvalue weighted by Crippen LogP contribution is 2.34. The van der Waals surface area contributed by atoms with Crippen molar-refractivity contribution in [2.75, 3.05) is 0 Å². The van der Waals surface area contributed by atoms with Gasteiger partial charge in [0.2, 0.25) is 0 Å². The first-order valence-electron chi connectivity index (χ1n) is 8.04. The number of likely N-dealkylation sites (tertiary alicyclic amines) is 1. The van der Waals surface area contributed by atoms with Gasteiger partial charge >= 0.3 is 0 Å². The molecule has 3 nitrogen and oxygen atoms in total. The molecule has 0 N–H and O–H groups in total. The number of thiazole rings is 1. The van der Waals surface area contributed by atoms with Crippen LogP contribution in [0.2, 0.25) is 5.02 Å². The highest BCUT2D eigenvalue weighted by Gasteiger charge is 2.32. The van der Waals surface area contributed by atoms with E-state index in [-0.39, 0.29) is 18.0 Å². The van der Waals surface area contributed by atoms with E-state index in [1.807, 2.05) is 36.1 Å². The Kier molecular flexibility index (Phi) is 4.74. The standard InChI is InChI=1S/C18H21ClN2OS/c1-11-7-6-8-12(2)21(11)18(22)16-13(3)20-17(23-16)14-9-4-5-10-15(14)19/h4-5,9-12H,6-8H2,1-3H3. The van der Waals surface area contributed by atoms with Crippen molar-refractivity contribution in [3.05, 3.63) is 39.9 Å². The molecule has 1 aliphatic rings. The fourth-order valence-electron chi connectivity index (χ4n) is 3.28. The molecule has 1 aromatic heterocycles. The minimum atomic E-state index is 0.109. The number of aromatic nitrogens is 1. The van der Waals surface area contributed by atoms with Crippen molar-refractivity contribution in [2.24, 2.45) is 0 Å². The van der Waals surface area contributed by atoms with Gasteiger partial charge in [0.25, 0.3) is 5.91 Å². The third-order valence-electron chi connectivity index (χ3n) is 4.52. The lowest BCUT2D eigenvalue weighted by Gasteiger charge is -2.38. The minimum absolute atomic E-state index is 0.109. The van der Waals surface area contributed by atoms with Crippen LogP contribution in [0.1, 0.15) is 48.5 Å². The quantitative estimate of drug-likeness (QED) is 0.749. The number of piperidine rings is 1. The number of amides is 1. The molecule has 1 aliphatic heterocycles. The Morgan fingerprint density at radius 1 is 1.26 bits per heavy atom. The largest absolute Gasteiger partial charge is 0.332 e. The van der Waals surface area contributed by atoms with Gasteiger partial charge in [0.1, 0.15) is 9.88 Å². The van der Waals surface area contributed by atoms with Crippen LogP contribution in [0.4, 0.5) is 0 Å². The predicted octanol–water partition coefficient (Wildman–Crippen LogP) is 5.18. The molecular weight excluding hydrogens is 328 g/mol. The zero-order valence-electron chi connectivity index (χ0n) is 13.7. The lowest BCUT2D eigenvalue weighted by molar-refractivity contribution is 0.0515. The maximum atomic E-state index is 13.0. The summed E-state index contributed by atoms with van der Waals surface area (Å²) < 4.78 is 0. The molecule has 3 rings (SSSR count). The molecular formula is C18H21ClN2OS. The van der Waals surface area contributed by atoms with Crippen molar-refractivity contribution in [1.29, 1.82) is 0 Å². The van der Waals surface area contributed by atoms with Crippen molar-refractivity contribution in [2.45, 2.75) is 52.1 Å². The minimum Gasteiger partial charge on any atom is -0.332 e. The molecule has 0 aliphatic carbocycles. The fourth-order valence-corrected chi connectivity index (χ4v) is 4.61. The molecule has 23 heavy (non-hydrogen) atoms. The van der Waals surface area contributed by atoms with Crippen LogP contribution in [0.25, 0.3) is 10.6 Å². The molecule has 1 aromatic carbocycles. The number of aryl methyl sites for hydroxylation is 1. The van der Waals surface area contributed by atoms with Gasteiger partial charge in [-0.1, -0.05) is 29.8 Å². The van der Waals surface area contributed by atoms with Crippen LogP contribution in [0.3, 0.4) is 0 Å². The van der Waals surface area contributed by atoms with Crippen LogP contribution in [-0.4, -0.2) is 27.9 Å². The number of nitrogens with zero attached hydrogens (tertiary/aromatic N) is 2. The third-order valence-corrected chi connectivity index (χ3v) is 6.03. The van der Waals surface area contributed by atoms with Gasteiger partial charge in [0.15, 0.2) is 0 Å². The van der Waals surface area contributed by atoms with E-state index in [4.69, 9.17) is 11.6 Å². The summed E-state index contributed by atoms with van der Waals surface area (Å²) >= 11 is 7.71. The van der Waals surface area contributed by atoms with Gasteiger partial charge in [0.05, 0.1) is 10.7 Å². The van der Waals surface area contributed by atoms with Gasteiger partial charge in [0, 0.05) is 17.6 Å². The molecule has 2 atom stereocenters. The highest BCUT2D eigenvalue weighted by molar-refractivity contribution is 7.17. The van der Waals surface area contributed by atoms with E-state index in [9.17, 15) is 4.79 Å². The van der Waals surface area contributed by atoms with E-state index in [0.29, 0.717) is 5.02 Å². The Bertz CT molecular complexity index is 718. The topological polar surface area (TPSA) is 33.2 Å². The summed E-state index contributed by atoms with van der Waals surface area (Å²) in [5, 5.41) is 1.48. The van der Waals surface area contributed by atoms with Crippen molar-refractivity contribution in [3.8, 4) is 10.6 Å². The van der Waals surface area contributed by atoms with Gasteiger partial charge in [-0.2, -0.15) is 0 Å². The third kappa shape index (κ3) is 3.15. The second-order valence-corrected chi connectivity index (χ2v) is 7.66. The molecule has 1 fully saturated rings. The van der Waals surface area contributed by atoms with Crippen LogP contribution in [0.5, 0.6) is 0 Å². The number of benzene rings is 1. The van der Waals surface area contributed by atoms with Gasteiger partial charge in [-0.3, -0.25) is 4.79 Å². The Labute approximate surface area is 146 Å². The van der Waals surface area contributed by atoms with Crippen LogP contribution in [0, 0.1) is 6.92 Å². The summed E-state index contributed by atoms with van der Waals surface area (Å²) in [6.45, 7) is 6.18. The van der Waals surface area contributed by atoms with Gasteiger partial charge in [-0.15, -0.1) is 11.3 Å². The monoisotopic (exact) mass is 348 g/mol. The average molecular weight is 349 g/mol. The molecule has 0 spiro atoms. The maximum Gasteiger partial charge on any atom is 0.266 e. The highest BCUT2D eigenvalue weighted by atomic mass is 35.5. The molecule has 2 heterocycles. The van der Waals surface area contributed by atoms with E-state index >= 15 is 0 Å². The SMILES string of the molecule is Cc1nc(-c2ccccc2Cl)sc1C(=O)N1C(C)CCCC1C. The first-order valence-corrected chi connectivity index (χ1v) is 9.23. The molecule has 0 saturated carbocycles. The molecule has 1 amide bonds. The van der Waals surface area contributed by atoms with Crippen molar-refractivity contribution >= 4 is 28.8 Å². The van der Waals surface area contributed by atoms with E-state index < -0.39 is 0 Å². The summed E-state index contributed by atoms with van der Waals surface area (Å²) in [6.07, 6.45) is 3.34. The summed E-state index contributed by atoms with van der Waals surface area (Å²) in [5.74, 6) is 0.109. The number of carbonyl (C=O) groups excluding carboxylic acids is 1. The molecule has 2 unspecified atom stereocenters. The predicted molar refractivity (Wildman–Crippen MR) is 96.2 cm³/mol. The molecule has 5 heteroatoms. The second kappa shape index (κ2) is 6.62. The average Bonchev–Trinajstić information content (AvgIpc) is 2.89. The van der Waals surface area contributed by atoms with Gasteiger partial charge < -0.3 is 4.90 Å². The lowest BCUT2D eigenvalue weighted by Crippen LogP contribution is -2.47. The van der Waals surface area contributed by atoms with Crippen molar-refractivity contribution < 1.29 is 4.79 Å². The van der Waals surface area contributed by atoms with Crippen molar-refractivity contribution in [1.82, 2.24) is 9.88 Å². The second-order valence-electron chi connectivity index (χ2n) is 6.25. The Morgan fingerprint density at radius 3 is 2.57 bits per heavy atom. The van der Waals surface area contributed by atoms with Crippen LogP contribution < -0.4 is 0 Å². The molecule has 122 valence electrons. The number of carbonyl (C=O) groups is 1. The van der Waals surface area contributed by atoms with Gasteiger partial charge in [-0.05, 0) is 46.1 Å². The number of hydrogen-bond donors (Lipinski definition) is 0. The Hall–Kier alpha value is -1.39. The molecule has 1 saturated heterocycles. The number of hydrogen-bond acceptors (Lipinski definition) is 3. The molecule has 0 bridgehead atoms. The lowest BCUT2D eigenvalue weighted by atomic mass is 9.97. The van der Waals surface area contributed by atoms with Crippen LogP contribution in [0.15, 0.2) is 24.3 Å². The summed E-state index contributed by atoms with van der Waals surface area (Å²) in [6, 6.07) is 8.21. The summed E-state index contributed by atoms with van der Waals surface area (Å²) in [5.41, 5.74) is 1.68. The van der Waals surface area contributed by atoms with E-state index in [1.165, 1.54) is 17.8 Å². The zero-order valence-corrected chi connectivity index (χ0v) is 15.2. The first-order chi connectivity index (χ1) is 11.0. The maximum absolute atomic E-state index is 13.0. The smallest absolute Gasteiger partial charge is 0.266 e. The fraction of sp³-hybridized carbons (Fsp3) is 0.444. The number of rotatable bonds is 2. The van der Waals surface area contributed by atoms with Crippen molar-refractivity contribution in [3.63, 3.8) is 0 Å². The summed E-state index contributed by atoms with van der Waals surface area (Å²) in [7, 11) is 0. The van der Waals surface area contributed by atoms with E-state index in [2.05, 4.69) is 18.8 Å². The van der Waals surface area contributed by atoms with Gasteiger partial charge in [-0.25, -0.2) is 4.98 Å². The Morgan fingerprint density at radius 2 is 1.91 bits per heavy atom. The summed E-state index contributed by atoms with van der Waals surface area (Å²) in [4.78, 5) is 20.4. The first kappa shape index (κ1) is 16.5. The molecule has 2 aromatic rings. The number of halogens is 1. The molecule has 0 radical (unpaired) electrons. The van der Waals surface area contributed by atoms with E-state index in [1.54, 1.807) is 0 Å². The normalized spacial score (nSPS) is 21.5. The van der Waals surface area contributed by atoms with Crippen LogP contribution >= 0.6 is 22.9 Å². The van der Waals surface area contributed by atoms with E-state index in [0.717, 1.165) is 34.0 Å². The zero-order chi connectivity index (χ0) is 16.6. The van der Waals surface area contributed by atoms with Crippen LogP contribution in [-0.2, 0) is 0 Å².